The zero-order valence-electron chi connectivity index (χ0n) is 17.1. The molecule has 0 fully saturated rings. The number of nitrogens with zero attached hydrogens (tertiary/aromatic N) is 2. The van der Waals surface area contributed by atoms with E-state index < -0.39 is 0 Å². The van der Waals surface area contributed by atoms with E-state index >= 15 is 0 Å². The fraction of sp³-hybridized carbons (Fsp3) is 0.348. The molecular weight excluding hydrogens is 382 g/mol. The van der Waals surface area contributed by atoms with E-state index in [-0.39, 0.29) is 17.2 Å². The number of hydrogen-bond acceptors (Lipinski definition) is 4. The van der Waals surface area contributed by atoms with Crippen molar-refractivity contribution in [2.24, 2.45) is 5.92 Å². The van der Waals surface area contributed by atoms with Crippen LogP contribution in [0.2, 0.25) is 0 Å². The van der Waals surface area contributed by atoms with Crippen molar-refractivity contribution in [3.63, 3.8) is 0 Å². The lowest BCUT2D eigenvalue weighted by Crippen LogP contribution is -2.28. The first kappa shape index (κ1) is 21.1. The molecule has 1 amide bonds. The second kappa shape index (κ2) is 9.74. The van der Waals surface area contributed by atoms with Crippen LogP contribution in [0.1, 0.15) is 31.4 Å². The van der Waals surface area contributed by atoms with Gasteiger partial charge in [0.15, 0.2) is 5.16 Å². The molecule has 0 saturated heterocycles. The van der Waals surface area contributed by atoms with Crippen LogP contribution in [0.25, 0.3) is 10.9 Å². The molecule has 0 radical (unpaired) electrons. The Bertz CT molecular complexity index is 1040. The minimum Gasteiger partial charge on any atom is -0.355 e. The van der Waals surface area contributed by atoms with Gasteiger partial charge in [-0.3, -0.25) is 14.2 Å². The van der Waals surface area contributed by atoms with Crippen molar-refractivity contribution in [2.45, 2.75) is 38.9 Å². The highest BCUT2D eigenvalue weighted by atomic mass is 32.2. The average molecular weight is 410 g/mol. The Kier molecular flexibility index (Phi) is 7.09. The van der Waals surface area contributed by atoms with Crippen molar-refractivity contribution < 1.29 is 4.79 Å². The highest BCUT2D eigenvalue weighted by Gasteiger charge is 2.13. The lowest BCUT2D eigenvalue weighted by molar-refractivity contribution is -0.118. The molecule has 0 spiro atoms. The molecule has 29 heavy (non-hydrogen) atoms. The zero-order valence-corrected chi connectivity index (χ0v) is 18.0. The molecule has 1 heterocycles. The SMILES string of the molecule is Cc1ccc(Cn2c(SCC(=O)NCCC(C)C)nc3ccccc3c2=O)cc1. The van der Waals surface area contributed by atoms with Crippen LogP contribution in [0, 0.1) is 12.8 Å². The monoisotopic (exact) mass is 409 g/mol. The number of carbonyl (C=O) groups excluding carboxylic acids is 1. The van der Waals surface area contributed by atoms with Gasteiger partial charge < -0.3 is 5.32 Å². The number of amides is 1. The molecule has 6 heteroatoms. The highest BCUT2D eigenvalue weighted by molar-refractivity contribution is 7.99. The smallest absolute Gasteiger partial charge is 0.262 e. The number of para-hydroxylation sites is 1. The molecule has 3 aromatic rings. The fourth-order valence-electron chi connectivity index (χ4n) is 2.95. The number of thioether (sulfide) groups is 1. The lowest BCUT2D eigenvalue weighted by Gasteiger charge is -2.13. The van der Waals surface area contributed by atoms with E-state index in [2.05, 4.69) is 24.1 Å². The second-order valence-electron chi connectivity index (χ2n) is 7.61. The van der Waals surface area contributed by atoms with Gasteiger partial charge in [-0.2, -0.15) is 0 Å². The molecule has 0 aliphatic heterocycles. The molecule has 0 aliphatic carbocycles. The Balaban J connectivity index is 1.85. The molecule has 0 unspecified atom stereocenters. The summed E-state index contributed by atoms with van der Waals surface area (Å²) in [5, 5.41) is 4.09. The van der Waals surface area contributed by atoms with E-state index in [0.717, 1.165) is 12.0 Å². The summed E-state index contributed by atoms with van der Waals surface area (Å²) in [6.45, 7) is 7.38. The number of nitrogens with one attached hydrogen (secondary N) is 1. The van der Waals surface area contributed by atoms with Crippen LogP contribution in [0.15, 0.2) is 58.5 Å². The van der Waals surface area contributed by atoms with Gasteiger partial charge >= 0.3 is 0 Å². The van der Waals surface area contributed by atoms with E-state index in [9.17, 15) is 9.59 Å². The van der Waals surface area contributed by atoms with E-state index in [1.165, 1.54) is 17.3 Å². The van der Waals surface area contributed by atoms with Crippen molar-refractivity contribution in [3.05, 3.63) is 70.0 Å². The molecule has 3 rings (SSSR count). The molecule has 0 atom stereocenters. The standard InChI is InChI=1S/C23H27N3O2S/c1-16(2)12-13-24-21(27)15-29-23-25-20-7-5-4-6-19(20)22(28)26(23)14-18-10-8-17(3)9-11-18/h4-11,16H,12-15H2,1-3H3,(H,24,27). The number of hydrogen-bond donors (Lipinski definition) is 1. The fourth-order valence-corrected chi connectivity index (χ4v) is 3.78. The Labute approximate surface area is 175 Å². The molecular formula is C23H27N3O2S. The molecule has 0 saturated carbocycles. The topological polar surface area (TPSA) is 64.0 Å². The molecule has 5 nitrogen and oxygen atoms in total. The maximum Gasteiger partial charge on any atom is 0.262 e. The van der Waals surface area contributed by atoms with Crippen LogP contribution in [-0.2, 0) is 11.3 Å². The van der Waals surface area contributed by atoms with Crippen molar-refractivity contribution >= 4 is 28.6 Å². The Hall–Kier alpha value is -2.60. The zero-order chi connectivity index (χ0) is 20.8. The van der Waals surface area contributed by atoms with Gasteiger partial charge in [-0.1, -0.05) is 67.6 Å². The quantitative estimate of drug-likeness (QED) is 0.451. The minimum absolute atomic E-state index is 0.0417. The Morgan fingerprint density at radius 2 is 1.86 bits per heavy atom. The summed E-state index contributed by atoms with van der Waals surface area (Å²) >= 11 is 1.31. The summed E-state index contributed by atoms with van der Waals surface area (Å²) < 4.78 is 1.67. The third-order valence-corrected chi connectivity index (χ3v) is 5.64. The normalized spacial score (nSPS) is 11.2. The Morgan fingerprint density at radius 1 is 1.14 bits per heavy atom. The van der Waals surface area contributed by atoms with Crippen molar-refractivity contribution in [3.8, 4) is 0 Å². The van der Waals surface area contributed by atoms with Gasteiger partial charge in [-0.15, -0.1) is 0 Å². The summed E-state index contributed by atoms with van der Waals surface area (Å²) in [5.74, 6) is 0.737. The summed E-state index contributed by atoms with van der Waals surface area (Å²) in [6.07, 6.45) is 0.947. The summed E-state index contributed by atoms with van der Waals surface area (Å²) in [5.41, 5.74) is 2.77. The van der Waals surface area contributed by atoms with Gasteiger partial charge in [0.1, 0.15) is 0 Å². The summed E-state index contributed by atoms with van der Waals surface area (Å²) in [7, 11) is 0. The largest absolute Gasteiger partial charge is 0.355 e. The average Bonchev–Trinajstić information content (AvgIpc) is 2.70. The number of benzene rings is 2. The van der Waals surface area contributed by atoms with E-state index in [1.807, 2.05) is 49.4 Å². The van der Waals surface area contributed by atoms with Gasteiger partial charge in [0, 0.05) is 6.54 Å². The van der Waals surface area contributed by atoms with Crippen LogP contribution in [0.3, 0.4) is 0 Å². The van der Waals surface area contributed by atoms with E-state index in [0.29, 0.717) is 35.1 Å². The van der Waals surface area contributed by atoms with Crippen LogP contribution in [-0.4, -0.2) is 27.8 Å². The first-order valence-corrected chi connectivity index (χ1v) is 10.9. The van der Waals surface area contributed by atoms with Crippen LogP contribution in [0.5, 0.6) is 0 Å². The van der Waals surface area contributed by atoms with Crippen LogP contribution >= 0.6 is 11.8 Å². The molecule has 2 aromatic carbocycles. The number of aryl methyl sites for hydroxylation is 1. The first-order valence-electron chi connectivity index (χ1n) is 9.88. The number of rotatable bonds is 8. The lowest BCUT2D eigenvalue weighted by atomic mass is 10.1. The second-order valence-corrected chi connectivity index (χ2v) is 8.55. The minimum atomic E-state index is -0.0844. The Morgan fingerprint density at radius 3 is 2.59 bits per heavy atom. The number of fused-ring (bicyclic) bond motifs is 1. The molecule has 0 bridgehead atoms. The summed E-state index contributed by atoms with van der Waals surface area (Å²) in [6, 6.07) is 15.4. The van der Waals surface area contributed by atoms with Gasteiger partial charge in [0.25, 0.3) is 5.56 Å². The van der Waals surface area contributed by atoms with Crippen LogP contribution < -0.4 is 10.9 Å². The third kappa shape index (κ3) is 5.70. The third-order valence-electron chi connectivity index (χ3n) is 4.66. The predicted octanol–water partition coefficient (Wildman–Crippen LogP) is 4.01. The number of carbonyl (C=O) groups is 1. The molecule has 1 aromatic heterocycles. The highest BCUT2D eigenvalue weighted by Crippen LogP contribution is 2.19. The van der Waals surface area contributed by atoms with Gasteiger partial charge in [0.05, 0.1) is 23.2 Å². The van der Waals surface area contributed by atoms with E-state index in [1.54, 1.807) is 10.6 Å². The maximum absolute atomic E-state index is 13.1. The van der Waals surface area contributed by atoms with Crippen molar-refractivity contribution in [1.29, 1.82) is 0 Å². The first-order chi connectivity index (χ1) is 13.9. The molecule has 1 N–H and O–H groups in total. The van der Waals surface area contributed by atoms with E-state index in [4.69, 9.17) is 0 Å². The van der Waals surface area contributed by atoms with Crippen LogP contribution in [0.4, 0.5) is 0 Å². The van der Waals surface area contributed by atoms with Gasteiger partial charge in [0.2, 0.25) is 5.91 Å². The summed E-state index contributed by atoms with van der Waals surface area (Å²) in [4.78, 5) is 30.0. The molecule has 152 valence electrons. The molecule has 0 aliphatic rings. The number of aromatic nitrogens is 2. The van der Waals surface area contributed by atoms with Crippen molar-refractivity contribution in [2.75, 3.05) is 12.3 Å². The van der Waals surface area contributed by atoms with Gasteiger partial charge in [-0.05, 0) is 37.0 Å². The predicted molar refractivity (Wildman–Crippen MR) is 119 cm³/mol. The maximum atomic E-state index is 13.1. The van der Waals surface area contributed by atoms with Gasteiger partial charge in [-0.25, -0.2) is 4.98 Å². The van der Waals surface area contributed by atoms with Crippen molar-refractivity contribution in [1.82, 2.24) is 14.9 Å².